The molecule has 2 amide bonds. The fourth-order valence-corrected chi connectivity index (χ4v) is 3.89. The molecule has 0 aliphatic carbocycles. The zero-order chi connectivity index (χ0) is 20.8. The van der Waals surface area contributed by atoms with Crippen molar-refractivity contribution in [3.05, 3.63) is 76.7 Å². The fraction of sp³-hybridized carbons (Fsp3) is 0.143. The van der Waals surface area contributed by atoms with Gasteiger partial charge in [-0.1, -0.05) is 36.2 Å². The lowest BCUT2D eigenvalue weighted by molar-refractivity contribution is -0.115. The lowest BCUT2D eigenvalue weighted by Crippen LogP contribution is -2.24. The van der Waals surface area contributed by atoms with Gasteiger partial charge in [-0.2, -0.15) is 0 Å². The predicted molar refractivity (Wildman–Crippen MR) is 118 cm³/mol. The molecule has 0 spiro atoms. The first-order valence-corrected chi connectivity index (χ1v) is 10.5. The highest BCUT2D eigenvalue weighted by Crippen LogP contribution is 2.30. The van der Waals surface area contributed by atoms with E-state index in [0.717, 1.165) is 4.90 Å². The largest absolute Gasteiger partial charge is 0.459 e. The molecule has 0 aliphatic rings. The van der Waals surface area contributed by atoms with Crippen LogP contribution in [0.25, 0.3) is 0 Å². The number of hydrogen-bond donors (Lipinski definition) is 2. The third kappa shape index (κ3) is 5.79. The second-order valence-electron chi connectivity index (χ2n) is 6.09. The minimum absolute atomic E-state index is 0.174. The van der Waals surface area contributed by atoms with Crippen molar-refractivity contribution in [1.82, 2.24) is 0 Å². The predicted octanol–water partition coefficient (Wildman–Crippen LogP) is 6.35. The summed E-state index contributed by atoms with van der Waals surface area (Å²) >= 11 is 13.5. The number of anilines is 2. The average Bonchev–Trinajstić information content (AvgIpc) is 3.24. The van der Waals surface area contributed by atoms with Crippen LogP contribution in [0.3, 0.4) is 0 Å². The molecule has 3 aromatic rings. The first-order valence-electron chi connectivity index (χ1n) is 8.83. The van der Waals surface area contributed by atoms with Gasteiger partial charge in [0.2, 0.25) is 5.91 Å². The average molecular weight is 449 g/mol. The number of carbonyl (C=O) groups is 2. The second-order valence-corrected chi connectivity index (χ2v) is 8.21. The van der Waals surface area contributed by atoms with Gasteiger partial charge in [-0.25, -0.2) is 0 Å². The van der Waals surface area contributed by atoms with Gasteiger partial charge in [-0.15, -0.1) is 11.8 Å². The van der Waals surface area contributed by atoms with Crippen molar-refractivity contribution in [2.75, 3.05) is 10.6 Å². The highest BCUT2D eigenvalue weighted by molar-refractivity contribution is 8.00. The van der Waals surface area contributed by atoms with Crippen molar-refractivity contribution in [3.63, 3.8) is 0 Å². The number of nitrogens with one attached hydrogen (secondary N) is 2. The van der Waals surface area contributed by atoms with Crippen molar-refractivity contribution in [1.29, 1.82) is 0 Å². The van der Waals surface area contributed by atoms with E-state index >= 15 is 0 Å². The number of benzene rings is 2. The van der Waals surface area contributed by atoms with Gasteiger partial charge in [0.25, 0.3) is 5.91 Å². The minimum Gasteiger partial charge on any atom is -0.459 e. The van der Waals surface area contributed by atoms with Crippen molar-refractivity contribution >= 4 is 58.2 Å². The topological polar surface area (TPSA) is 71.3 Å². The summed E-state index contributed by atoms with van der Waals surface area (Å²) < 4.78 is 5.10. The summed E-state index contributed by atoms with van der Waals surface area (Å²) in [6, 6.07) is 15.4. The van der Waals surface area contributed by atoms with Crippen LogP contribution in [0.1, 0.15) is 23.9 Å². The van der Waals surface area contributed by atoms with Crippen molar-refractivity contribution in [3.8, 4) is 0 Å². The molecule has 150 valence electrons. The molecule has 0 aliphatic heterocycles. The van der Waals surface area contributed by atoms with E-state index in [1.165, 1.54) is 18.0 Å². The maximum absolute atomic E-state index is 12.7. The quantitative estimate of drug-likeness (QED) is 0.413. The lowest BCUT2D eigenvalue weighted by Gasteiger charge is -2.16. The van der Waals surface area contributed by atoms with Crippen LogP contribution < -0.4 is 10.6 Å². The van der Waals surface area contributed by atoms with Crippen molar-refractivity contribution in [2.24, 2.45) is 0 Å². The summed E-state index contributed by atoms with van der Waals surface area (Å²) in [5, 5.41) is 6.18. The third-order valence-electron chi connectivity index (χ3n) is 3.96. The van der Waals surface area contributed by atoms with Crippen LogP contribution in [0, 0.1) is 0 Å². The van der Waals surface area contributed by atoms with Gasteiger partial charge >= 0.3 is 0 Å². The van der Waals surface area contributed by atoms with E-state index in [1.54, 1.807) is 36.4 Å². The molecular formula is C21H18Cl2N2O3S. The Morgan fingerprint density at radius 1 is 1.07 bits per heavy atom. The van der Waals surface area contributed by atoms with E-state index < -0.39 is 0 Å². The zero-order valence-corrected chi connectivity index (χ0v) is 17.8. The molecular weight excluding hydrogens is 431 g/mol. The number of thioether (sulfide) groups is 1. The first-order chi connectivity index (χ1) is 14.0. The summed E-state index contributed by atoms with van der Waals surface area (Å²) in [7, 11) is 0. The van der Waals surface area contributed by atoms with E-state index in [9.17, 15) is 9.59 Å². The van der Waals surface area contributed by atoms with Gasteiger partial charge in [0.05, 0.1) is 22.2 Å². The van der Waals surface area contributed by atoms with E-state index in [1.807, 2.05) is 25.1 Å². The maximum Gasteiger partial charge on any atom is 0.291 e. The van der Waals surface area contributed by atoms with E-state index in [4.69, 9.17) is 27.6 Å². The van der Waals surface area contributed by atoms with E-state index in [0.29, 0.717) is 27.8 Å². The molecule has 3 rings (SSSR count). The van der Waals surface area contributed by atoms with Gasteiger partial charge in [-0.05, 0) is 55.0 Å². The highest BCUT2D eigenvalue weighted by atomic mass is 35.5. The molecule has 0 bridgehead atoms. The van der Waals surface area contributed by atoms with Crippen molar-refractivity contribution in [2.45, 2.75) is 23.5 Å². The zero-order valence-electron chi connectivity index (χ0n) is 15.4. The number of carbonyl (C=O) groups excluding carboxylic acids is 2. The Labute approximate surface area is 182 Å². The molecule has 0 saturated heterocycles. The Morgan fingerprint density at radius 3 is 2.62 bits per heavy atom. The lowest BCUT2D eigenvalue weighted by atomic mass is 10.2. The Bertz CT molecular complexity index is 1010. The third-order valence-corrected chi connectivity index (χ3v) is 5.89. The molecule has 1 unspecified atom stereocenters. The second kappa shape index (κ2) is 9.87. The molecule has 1 atom stereocenters. The summed E-state index contributed by atoms with van der Waals surface area (Å²) in [5.74, 6) is -0.281. The van der Waals surface area contributed by atoms with Crippen LogP contribution in [0.15, 0.2) is 70.2 Å². The van der Waals surface area contributed by atoms with E-state index in [-0.39, 0.29) is 22.8 Å². The molecule has 5 nitrogen and oxygen atoms in total. The van der Waals surface area contributed by atoms with Crippen molar-refractivity contribution < 1.29 is 14.0 Å². The molecule has 29 heavy (non-hydrogen) atoms. The monoisotopic (exact) mass is 448 g/mol. The smallest absolute Gasteiger partial charge is 0.291 e. The fourth-order valence-electron chi connectivity index (χ4n) is 2.54. The van der Waals surface area contributed by atoms with Gasteiger partial charge in [0.1, 0.15) is 0 Å². The number of halogens is 2. The molecule has 2 aromatic carbocycles. The SMILES string of the molecule is CCC(Sc1cccc(NC(=O)c2ccco2)c1)C(=O)Nc1cc(Cl)ccc1Cl. The summed E-state index contributed by atoms with van der Waals surface area (Å²) in [6.07, 6.45) is 2.05. The minimum atomic E-state index is -0.346. The summed E-state index contributed by atoms with van der Waals surface area (Å²) in [5.41, 5.74) is 1.09. The number of amides is 2. The first kappa shape index (κ1) is 21.3. The molecule has 1 heterocycles. The van der Waals surface area contributed by atoms with E-state index in [2.05, 4.69) is 10.6 Å². The molecule has 0 radical (unpaired) electrons. The number of rotatable bonds is 7. The summed E-state index contributed by atoms with van der Waals surface area (Å²) in [6.45, 7) is 1.93. The van der Waals surface area contributed by atoms with Gasteiger partial charge in [0, 0.05) is 15.6 Å². The van der Waals surface area contributed by atoms with Crippen LogP contribution >= 0.6 is 35.0 Å². The highest BCUT2D eigenvalue weighted by Gasteiger charge is 2.19. The normalized spacial score (nSPS) is 11.7. The molecule has 0 saturated carbocycles. The van der Waals surface area contributed by atoms with Gasteiger partial charge in [0.15, 0.2) is 5.76 Å². The number of hydrogen-bond acceptors (Lipinski definition) is 4. The Balaban J connectivity index is 1.68. The van der Waals surface area contributed by atoms with Gasteiger partial charge < -0.3 is 15.1 Å². The van der Waals surface area contributed by atoms with Gasteiger partial charge in [-0.3, -0.25) is 9.59 Å². The Kier molecular flexibility index (Phi) is 7.25. The Hall–Kier alpha value is -2.41. The van der Waals surface area contributed by atoms with Crippen LogP contribution in [-0.2, 0) is 4.79 Å². The van der Waals surface area contributed by atoms with Crippen LogP contribution in [0.2, 0.25) is 10.0 Å². The maximum atomic E-state index is 12.7. The molecule has 1 aromatic heterocycles. The molecule has 2 N–H and O–H groups in total. The summed E-state index contributed by atoms with van der Waals surface area (Å²) in [4.78, 5) is 25.7. The molecule has 0 fully saturated rings. The van der Waals surface area contributed by atoms with Crippen LogP contribution in [0.4, 0.5) is 11.4 Å². The number of furan rings is 1. The standard InChI is InChI=1S/C21H18Cl2N2O3S/c1-2-19(21(27)25-17-11-13(22)8-9-16(17)23)29-15-6-3-5-14(12-15)24-20(26)18-7-4-10-28-18/h3-12,19H,2H2,1H3,(H,24,26)(H,25,27). The van der Waals surface area contributed by atoms with Crippen LogP contribution in [-0.4, -0.2) is 17.1 Å². The van der Waals surface area contributed by atoms with Crippen LogP contribution in [0.5, 0.6) is 0 Å². The molecule has 8 heteroatoms. The Morgan fingerprint density at radius 2 is 1.90 bits per heavy atom.